The monoisotopic (exact) mass is 269 g/mol. The number of nitrogens with zero attached hydrogens (tertiary/aromatic N) is 3. The van der Waals surface area contributed by atoms with Crippen LogP contribution in [0.3, 0.4) is 0 Å². The lowest BCUT2D eigenvalue weighted by molar-refractivity contribution is 0.578. The smallest absolute Gasteiger partial charge is 0.221 e. The molecule has 1 aromatic carbocycles. The van der Waals surface area contributed by atoms with Gasteiger partial charge in [-0.1, -0.05) is 12.1 Å². The summed E-state index contributed by atoms with van der Waals surface area (Å²) in [6, 6.07) is 8.37. The van der Waals surface area contributed by atoms with E-state index in [0.717, 1.165) is 24.2 Å². The Morgan fingerprint density at radius 1 is 1.05 bits per heavy atom. The molecule has 2 heterocycles. The number of hydrogen-bond acceptors (Lipinski definition) is 5. The van der Waals surface area contributed by atoms with Gasteiger partial charge in [-0.3, -0.25) is 0 Å². The van der Waals surface area contributed by atoms with Gasteiger partial charge in [0.25, 0.3) is 0 Å². The van der Waals surface area contributed by atoms with E-state index < -0.39 is 0 Å². The standard InChI is InChI=1S/C15H19N5/c16-14-13(10-18-15(17)19-14)11-5-4-6-12(9-11)20-7-2-1-3-8-20/h4-6,9-10H,1-3,7-8H2,(H4,16,17,18,19). The van der Waals surface area contributed by atoms with Crippen LogP contribution in [0.1, 0.15) is 19.3 Å². The molecular formula is C15H19N5. The molecule has 4 N–H and O–H groups in total. The third-order valence-electron chi connectivity index (χ3n) is 3.72. The molecule has 0 saturated carbocycles. The molecule has 0 spiro atoms. The Kier molecular flexibility index (Phi) is 3.41. The van der Waals surface area contributed by atoms with Crippen molar-refractivity contribution >= 4 is 17.5 Å². The second kappa shape index (κ2) is 5.36. The molecule has 3 rings (SSSR count). The summed E-state index contributed by atoms with van der Waals surface area (Å²) in [5.41, 5.74) is 14.6. The quantitative estimate of drug-likeness (QED) is 0.874. The zero-order valence-corrected chi connectivity index (χ0v) is 11.4. The average molecular weight is 269 g/mol. The molecule has 2 aromatic rings. The van der Waals surface area contributed by atoms with Crippen molar-refractivity contribution in [3.8, 4) is 11.1 Å². The Labute approximate surface area is 118 Å². The Bertz CT molecular complexity index is 605. The molecule has 5 nitrogen and oxygen atoms in total. The fraction of sp³-hybridized carbons (Fsp3) is 0.333. The minimum Gasteiger partial charge on any atom is -0.383 e. The normalized spacial score (nSPS) is 15.3. The highest BCUT2D eigenvalue weighted by Gasteiger charge is 2.12. The summed E-state index contributed by atoms with van der Waals surface area (Å²) in [6.07, 6.45) is 5.54. The van der Waals surface area contributed by atoms with Crippen LogP contribution in [0.5, 0.6) is 0 Å². The van der Waals surface area contributed by atoms with E-state index in [-0.39, 0.29) is 5.95 Å². The number of benzene rings is 1. The zero-order chi connectivity index (χ0) is 13.9. The van der Waals surface area contributed by atoms with Crippen molar-refractivity contribution < 1.29 is 0 Å². The molecule has 0 bridgehead atoms. The predicted octanol–water partition coefficient (Wildman–Crippen LogP) is 2.30. The van der Waals surface area contributed by atoms with Crippen molar-refractivity contribution in [3.05, 3.63) is 30.5 Å². The van der Waals surface area contributed by atoms with Crippen LogP contribution in [0.2, 0.25) is 0 Å². The predicted molar refractivity (Wildman–Crippen MR) is 82.4 cm³/mol. The van der Waals surface area contributed by atoms with Gasteiger partial charge in [-0.05, 0) is 37.0 Å². The van der Waals surface area contributed by atoms with Gasteiger partial charge >= 0.3 is 0 Å². The van der Waals surface area contributed by atoms with Gasteiger partial charge in [0.1, 0.15) is 5.82 Å². The molecule has 0 aliphatic carbocycles. The Balaban J connectivity index is 1.94. The number of hydrogen-bond donors (Lipinski definition) is 2. The summed E-state index contributed by atoms with van der Waals surface area (Å²) in [6.45, 7) is 2.24. The minimum atomic E-state index is 0.207. The van der Waals surface area contributed by atoms with Crippen LogP contribution >= 0.6 is 0 Å². The lowest BCUT2D eigenvalue weighted by Crippen LogP contribution is -2.29. The van der Waals surface area contributed by atoms with Crippen molar-refractivity contribution in [2.45, 2.75) is 19.3 Å². The van der Waals surface area contributed by atoms with Crippen molar-refractivity contribution in [1.82, 2.24) is 9.97 Å². The fourth-order valence-electron chi connectivity index (χ4n) is 2.65. The topological polar surface area (TPSA) is 81.1 Å². The number of anilines is 3. The van der Waals surface area contributed by atoms with Gasteiger partial charge in [0, 0.05) is 30.5 Å². The molecular weight excluding hydrogens is 250 g/mol. The highest BCUT2D eigenvalue weighted by molar-refractivity contribution is 5.76. The summed E-state index contributed by atoms with van der Waals surface area (Å²) in [5.74, 6) is 0.631. The molecule has 1 fully saturated rings. The van der Waals surface area contributed by atoms with E-state index in [1.807, 2.05) is 6.07 Å². The molecule has 20 heavy (non-hydrogen) atoms. The van der Waals surface area contributed by atoms with Crippen molar-refractivity contribution in [3.63, 3.8) is 0 Å². The van der Waals surface area contributed by atoms with Crippen LogP contribution in [-0.2, 0) is 0 Å². The fourth-order valence-corrected chi connectivity index (χ4v) is 2.65. The molecule has 5 heteroatoms. The van der Waals surface area contributed by atoms with Crippen molar-refractivity contribution in [1.29, 1.82) is 0 Å². The lowest BCUT2D eigenvalue weighted by atomic mass is 10.1. The van der Waals surface area contributed by atoms with Crippen molar-refractivity contribution in [2.24, 2.45) is 0 Å². The maximum absolute atomic E-state index is 5.94. The molecule has 1 aliphatic rings. The van der Waals surface area contributed by atoms with Crippen LogP contribution in [0.25, 0.3) is 11.1 Å². The number of rotatable bonds is 2. The lowest BCUT2D eigenvalue weighted by Gasteiger charge is -2.29. The third kappa shape index (κ3) is 2.52. The zero-order valence-electron chi connectivity index (χ0n) is 11.4. The van der Waals surface area contributed by atoms with Gasteiger partial charge in [-0.15, -0.1) is 0 Å². The maximum atomic E-state index is 5.94. The molecule has 1 saturated heterocycles. The second-order valence-corrected chi connectivity index (χ2v) is 5.13. The molecule has 0 amide bonds. The number of piperidine rings is 1. The van der Waals surface area contributed by atoms with Gasteiger partial charge < -0.3 is 16.4 Å². The summed E-state index contributed by atoms with van der Waals surface area (Å²) in [4.78, 5) is 10.5. The summed E-state index contributed by atoms with van der Waals surface area (Å²) in [5, 5.41) is 0. The molecule has 104 valence electrons. The van der Waals surface area contributed by atoms with E-state index in [0.29, 0.717) is 5.82 Å². The van der Waals surface area contributed by atoms with E-state index in [2.05, 4.69) is 33.1 Å². The number of nitrogens with two attached hydrogens (primary N) is 2. The second-order valence-electron chi connectivity index (χ2n) is 5.13. The largest absolute Gasteiger partial charge is 0.383 e. The van der Waals surface area contributed by atoms with E-state index in [4.69, 9.17) is 11.5 Å². The first-order chi connectivity index (χ1) is 9.74. The molecule has 1 aromatic heterocycles. The first kappa shape index (κ1) is 12.7. The number of nitrogen functional groups attached to an aromatic ring is 2. The van der Waals surface area contributed by atoms with Crippen LogP contribution in [0.15, 0.2) is 30.5 Å². The van der Waals surface area contributed by atoms with E-state index >= 15 is 0 Å². The minimum absolute atomic E-state index is 0.207. The Hall–Kier alpha value is -2.30. The van der Waals surface area contributed by atoms with Gasteiger partial charge in [0.2, 0.25) is 5.95 Å². The summed E-state index contributed by atoms with van der Waals surface area (Å²) < 4.78 is 0. The molecule has 0 radical (unpaired) electrons. The van der Waals surface area contributed by atoms with Crippen LogP contribution in [-0.4, -0.2) is 23.1 Å². The van der Waals surface area contributed by atoms with Gasteiger partial charge in [-0.2, -0.15) is 4.98 Å². The van der Waals surface area contributed by atoms with E-state index in [1.165, 1.54) is 24.9 Å². The van der Waals surface area contributed by atoms with E-state index in [1.54, 1.807) is 6.20 Å². The molecule has 0 unspecified atom stereocenters. The van der Waals surface area contributed by atoms with Gasteiger partial charge in [0.15, 0.2) is 0 Å². The van der Waals surface area contributed by atoms with Crippen LogP contribution < -0.4 is 16.4 Å². The average Bonchev–Trinajstić information content (AvgIpc) is 2.48. The van der Waals surface area contributed by atoms with E-state index in [9.17, 15) is 0 Å². The Morgan fingerprint density at radius 2 is 1.85 bits per heavy atom. The maximum Gasteiger partial charge on any atom is 0.221 e. The molecule has 0 atom stereocenters. The first-order valence-corrected chi connectivity index (χ1v) is 6.97. The first-order valence-electron chi connectivity index (χ1n) is 6.97. The van der Waals surface area contributed by atoms with Crippen molar-refractivity contribution in [2.75, 3.05) is 29.5 Å². The highest BCUT2D eigenvalue weighted by Crippen LogP contribution is 2.29. The van der Waals surface area contributed by atoms with Gasteiger partial charge in [0.05, 0.1) is 0 Å². The highest BCUT2D eigenvalue weighted by atomic mass is 15.1. The SMILES string of the molecule is Nc1ncc(-c2cccc(N3CCCCC3)c2)c(N)n1. The van der Waals surface area contributed by atoms with Crippen LogP contribution in [0, 0.1) is 0 Å². The molecule has 1 aliphatic heterocycles. The Morgan fingerprint density at radius 3 is 2.60 bits per heavy atom. The van der Waals surface area contributed by atoms with Crippen LogP contribution in [0.4, 0.5) is 17.5 Å². The summed E-state index contributed by atoms with van der Waals surface area (Å²) >= 11 is 0. The number of aromatic nitrogens is 2. The summed E-state index contributed by atoms with van der Waals surface area (Å²) in [7, 11) is 0. The third-order valence-corrected chi connectivity index (χ3v) is 3.72. The van der Waals surface area contributed by atoms with Gasteiger partial charge in [-0.25, -0.2) is 4.98 Å².